The Kier molecular flexibility index (Phi) is 4.51. The van der Waals surface area contributed by atoms with Crippen molar-refractivity contribution < 1.29 is 4.39 Å². The van der Waals surface area contributed by atoms with Crippen molar-refractivity contribution in [1.29, 1.82) is 0 Å². The molecule has 0 aromatic carbocycles. The van der Waals surface area contributed by atoms with Crippen LogP contribution in [0.1, 0.15) is 39.5 Å². The molecule has 0 spiro atoms. The van der Waals surface area contributed by atoms with E-state index in [4.69, 9.17) is 0 Å². The molecule has 0 saturated heterocycles. The van der Waals surface area contributed by atoms with Crippen molar-refractivity contribution in [3.05, 3.63) is 11.9 Å². The monoisotopic (exact) mass is 226 g/mol. The second kappa shape index (κ2) is 5.46. The molecular formula is C13H23FN2. The number of allylic oxidation sites excluding steroid dienone is 1. The van der Waals surface area contributed by atoms with E-state index in [1.165, 1.54) is 0 Å². The maximum absolute atomic E-state index is 14.0. The molecule has 1 aliphatic rings. The molecule has 16 heavy (non-hydrogen) atoms. The molecule has 3 unspecified atom stereocenters. The molecule has 92 valence electrons. The van der Waals surface area contributed by atoms with Crippen LogP contribution in [-0.4, -0.2) is 19.4 Å². The highest BCUT2D eigenvalue weighted by molar-refractivity contribution is 5.29. The molecule has 3 heteroatoms. The van der Waals surface area contributed by atoms with Crippen molar-refractivity contribution in [2.24, 2.45) is 16.8 Å². The summed E-state index contributed by atoms with van der Waals surface area (Å²) >= 11 is 0. The van der Waals surface area contributed by atoms with Gasteiger partial charge in [0, 0.05) is 19.2 Å². The lowest BCUT2D eigenvalue weighted by Crippen LogP contribution is -2.31. The van der Waals surface area contributed by atoms with Gasteiger partial charge in [-0.05, 0) is 45.2 Å². The fourth-order valence-corrected chi connectivity index (χ4v) is 2.62. The zero-order valence-electron chi connectivity index (χ0n) is 10.6. The lowest BCUT2D eigenvalue weighted by atomic mass is 9.74. The Balaban J connectivity index is 2.69. The van der Waals surface area contributed by atoms with E-state index >= 15 is 0 Å². The van der Waals surface area contributed by atoms with Gasteiger partial charge >= 0.3 is 0 Å². The van der Waals surface area contributed by atoms with E-state index in [2.05, 4.69) is 24.0 Å². The Bertz CT molecular complexity index is 271. The molecule has 3 atom stereocenters. The van der Waals surface area contributed by atoms with Crippen LogP contribution in [0.3, 0.4) is 0 Å². The summed E-state index contributed by atoms with van der Waals surface area (Å²) in [6.07, 6.45) is 5.28. The third-order valence-corrected chi connectivity index (χ3v) is 3.61. The topological polar surface area (TPSA) is 24.4 Å². The van der Waals surface area contributed by atoms with Crippen molar-refractivity contribution in [1.82, 2.24) is 5.32 Å². The van der Waals surface area contributed by atoms with E-state index in [-0.39, 0.29) is 5.92 Å². The highest BCUT2D eigenvalue weighted by atomic mass is 19.1. The Morgan fingerprint density at radius 2 is 2.38 bits per heavy atom. The van der Waals surface area contributed by atoms with E-state index < -0.39 is 5.67 Å². The summed E-state index contributed by atoms with van der Waals surface area (Å²) < 4.78 is 14.0. The Hall–Kier alpha value is -0.860. The van der Waals surface area contributed by atoms with Crippen LogP contribution in [-0.2, 0) is 0 Å². The lowest BCUT2D eigenvalue weighted by molar-refractivity contribution is 0.0795. The van der Waals surface area contributed by atoms with E-state index in [9.17, 15) is 4.39 Å². The summed E-state index contributed by atoms with van der Waals surface area (Å²) in [5.41, 5.74) is -0.0616. The summed E-state index contributed by atoms with van der Waals surface area (Å²) in [5.74, 6) is 0.661. The minimum atomic E-state index is -0.997. The number of halogens is 1. The molecule has 2 nitrogen and oxygen atoms in total. The van der Waals surface area contributed by atoms with Crippen LogP contribution < -0.4 is 5.32 Å². The van der Waals surface area contributed by atoms with Gasteiger partial charge in [-0.15, -0.1) is 0 Å². The lowest BCUT2D eigenvalue weighted by Gasteiger charge is -2.35. The molecule has 1 rings (SSSR count). The van der Waals surface area contributed by atoms with Crippen LogP contribution in [0.25, 0.3) is 0 Å². The minimum Gasteiger partial charge on any atom is -0.393 e. The summed E-state index contributed by atoms with van der Waals surface area (Å²) in [6, 6.07) is 0. The summed E-state index contributed by atoms with van der Waals surface area (Å²) in [7, 11) is 1.85. The standard InChI is InChI=1S/C13H23FN2/c1-10(12(16-4)9-15-3)11-6-5-7-13(2,14)8-11/h9-11,15H,4-8H2,1-3H3/b12-9-. The zero-order chi connectivity index (χ0) is 12.2. The average Bonchev–Trinajstić information content (AvgIpc) is 2.23. The zero-order valence-corrected chi connectivity index (χ0v) is 10.6. The van der Waals surface area contributed by atoms with Gasteiger partial charge in [0.05, 0.1) is 5.70 Å². The molecule has 0 aliphatic heterocycles. The highest BCUT2D eigenvalue weighted by Gasteiger charge is 2.35. The number of hydrogen-bond acceptors (Lipinski definition) is 2. The number of hydrogen-bond donors (Lipinski definition) is 1. The molecule has 1 N–H and O–H groups in total. The van der Waals surface area contributed by atoms with Crippen molar-refractivity contribution >= 4 is 6.72 Å². The van der Waals surface area contributed by atoms with Gasteiger partial charge in [-0.2, -0.15) is 0 Å². The van der Waals surface area contributed by atoms with Crippen LogP contribution in [0, 0.1) is 11.8 Å². The molecule has 1 aliphatic carbocycles. The van der Waals surface area contributed by atoms with Gasteiger partial charge < -0.3 is 5.32 Å². The first kappa shape index (κ1) is 13.2. The fraction of sp³-hybridized carbons (Fsp3) is 0.769. The van der Waals surface area contributed by atoms with Crippen LogP contribution in [0.4, 0.5) is 4.39 Å². The number of rotatable bonds is 4. The molecule has 1 fully saturated rings. The normalized spacial score (nSPS) is 33.2. The van der Waals surface area contributed by atoms with E-state index in [0.717, 1.165) is 18.5 Å². The highest BCUT2D eigenvalue weighted by Crippen LogP contribution is 2.40. The predicted octanol–water partition coefficient (Wildman–Crippen LogP) is 3.30. The van der Waals surface area contributed by atoms with Crippen molar-refractivity contribution in [2.75, 3.05) is 7.05 Å². The minimum absolute atomic E-state index is 0.278. The Morgan fingerprint density at radius 1 is 1.69 bits per heavy atom. The maximum Gasteiger partial charge on any atom is 0.108 e. The first-order valence-electron chi connectivity index (χ1n) is 6.03. The van der Waals surface area contributed by atoms with Crippen LogP contribution in [0.15, 0.2) is 16.9 Å². The fourth-order valence-electron chi connectivity index (χ4n) is 2.62. The van der Waals surface area contributed by atoms with Crippen LogP contribution >= 0.6 is 0 Å². The molecule has 0 radical (unpaired) electrons. The second-order valence-electron chi connectivity index (χ2n) is 5.07. The van der Waals surface area contributed by atoms with E-state index in [1.54, 1.807) is 6.92 Å². The number of nitrogens with one attached hydrogen (secondary N) is 1. The summed E-state index contributed by atoms with van der Waals surface area (Å²) in [5, 5.41) is 2.97. The maximum atomic E-state index is 14.0. The molecule has 0 bridgehead atoms. The number of nitrogens with zero attached hydrogens (tertiary/aromatic N) is 1. The first-order chi connectivity index (χ1) is 7.50. The molecule has 0 aromatic heterocycles. The third kappa shape index (κ3) is 3.32. The van der Waals surface area contributed by atoms with Crippen LogP contribution in [0.5, 0.6) is 0 Å². The molecule has 0 heterocycles. The van der Waals surface area contributed by atoms with Gasteiger partial charge in [0.25, 0.3) is 0 Å². The van der Waals surface area contributed by atoms with Gasteiger partial charge in [0.15, 0.2) is 0 Å². The largest absolute Gasteiger partial charge is 0.393 e. The van der Waals surface area contributed by atoms with E-state index in [0.29, 0.717) is 18.8 Å². The van der Waals surface area contributed by atoms with E-state index in [1.807, 2.05) is 13.2 Å². The molecular weight excluding hydrogens is 203 g/mol. The van der Waals surface area contributed by atoms with Gasteiger partial charge in [0.2, 0.25) is 0 Å². The molecule has 1 saturated carbocycles. The predicted molar refractivity (Wildman–Crippen MR) is 67.3 cm³/mol. The molecule has 0 aromatic rings. The SMILES string of the molecule is C=N/C(=C\NC)C(C)C1CCCC(C)(F)C1. The number of alkyl halides is 1. The summed E-state index contributed by atoms with van der Waals surface area (Å²) in [6.45, 7) is 7.41. The first-order valence-corrected chi connectivity index (χ1v) is 6.03. The summed E-state index contributed by atoms with van der Waals surface area (Å²) in [4.78, 5) is 4.03. The Labute approximate surface area is 98.0 Å². The Morgan fingerprint density at radius 3 is 2.88 bits per heavy atom. The van der Waals surface area contributed by atoms with Gasteiger partial charge in [-0.25, -0.2) is 4.39 Å². The average molecular weight is 226 g/mol. The smallest absolute Gasteiger partial charge is 0.108 e. The van der Waals surface area contributed by atoms with Crippen molar-refractivity contribution in [2.45, 2.75) is 45.2 Å². The second-order valence-corrected chi connectivity index (χ2v) is 5.07. The van der Waals surface area contributed by atoms with Crippen LogP contribution in [0.2, 0.25) is 0 Å². The third-order valence-electron chi connectivity index (χ3n) is 3.61. The number of aliphatic imine (C=N–C) groups is 1. The van der Waals surface area contributed by atoms with Crippen molar-refractivity contribution in [3.8, 4) is 0 Å². The molecule has 0 amide bonds. The van der Waals surface area contributed by atoms with Gasteiger partial charge in [-0.3, -0.25) is 4.99 Å². The quantitative estimate of drug-likeness (QED) is 0.731. The van der Waals surface area contributed by atoms with Gasteiger partial charge in [0.1, 0.15) is 5.67 Å². The van der Waals surface area contributed by atoms with Crippen molar-refractivity contribution in [3.63, 3.8) is 0 Å². The van der Waals surface area contributed by atoms with Gasteiger partial charge in [-0.1, -0.05) is 6.92 Å².